The van der Waals surface area contributed by atoms with Crippen LogP contribution in [-0.4, -0.2) is 14.2 Å². The monoisotopic (exact) mass is 249 g/mol. The SMILES string of the molecule is C[Si](C)(C)CNc1c(F)cc(F)cc1Cl. The van der Waals surface area contributed by atoms with Crippen molar-refractivity contribution in [3.63, 3.8) is 0 Å². The third-order valence-electron chi connectivity index (χ3n) is 1.80. The van der Waals surface area contributed by atoms with E-state index in [1.807, 2.05) is 0 Å². The Kier molecular flexibility index (Phi) is 3.73. The van der Waals surface area contributed by atoms with Gasteiger partial charge in [0.1, 0.15) is 5.82 Å². The van der Waals surface area contributed by atoms with E-state index in [0.717, 1.165) is 12.1 Å². The molecule has 1 aromatic rings. The van der Waals surface area contributed by atoms with Gasteiger partial charge in [-0.15, -0.1) is 0 Å². The molecule has 1 N–H and O–H groups in total. The molecule has 0 aliphatic rings. The van der Waals surface area contributed by atoms with Gasteiger partial charge in [-0.25, -0.2) is 8.78 Å². The lowest BCUT2D eigenvalue weighted by Crippen LogP contribution is -2.31. The zero-order valence-electron chi connectivity index (χ0n) is 9.00. The maximum Gasteiger partial charge on any atom is 0.150 e. The van der Waals surface area contributed by atoms with Crippen LogP contribution in [0.5, 0.6) is 0 Å². The summed E-state index contributed by atoms with van der Waals surface area (Å²) in [4.78, 5) is 0. The largest absolute Gasteiger partial charge is 0.384 e. The Bertz CT molecular complexity index is 340. The Balaban J connectivity index is 2.86. The van der Waals surface area contributed by atoms with Crippen LogP contribution in [0.25, 0.3) is 0 Å². The Morgan fingerprint density at radius 1 is 1.27 bits per heavy atom. The van der Waals surface area contributed by atoms with Gasteiger partial charge in [-0.1, -0.05) is 31.2 Å². The predicted octanol–water partition coefficient (Wildman–Crippen LogP) is 3.91. The molecule has 0 aliphatic heterocycles. The van der Waals surface area contributed by atoms with Crippen LogP contribution < -0.4 is 5.32 Å². The lowest BCUT2D eigenvalue weighted by atomic mass is 10.3. The summed E-state index contributed by atoms with van der Waals surface area (Å²) < 4.78 is 26.1. The first kappa shape index (κ1) is 12.5. The molecule has 0 amide bonds. The zero-order valence-corrected chi connectivity index (χ0v) is 10.8. The molecule has 0 radical (unpaired) electrons. The van der Waals surface area contributed by atoms with E-state index in [1.54, 1.807) is 0 Å². The summed E-state index contributed by atoms with van der Waals surface area (Å²) in [7, 11) is -1.33. The van der Waals surface area contributed by atoms with Crippen LogP contribution in [-0.2, 0) is 0 Å². The molecule has 5 heteroatoms. The molecule has 0 fully saturated rings. The first-order chi connectivity index (χ1) is 6.79. The third kappa shape index (κ3) is 3.79. The number of anilines is 1. The quantitative estimate of drug-likeness (QED) is 0.801. The van der Waals surface area contributed by atoms with Gasteiger partial charge in [0, 0.05) is 12.2 Å². The molecule has 0 aliphatic carbocycles. The van der Waals surface area contributed by atoms with E-state index < -0.39 is 19.7 Å². The normalized spacial score (nSPS) is 11.6. The van der Waals surface area contributed by atoms with Gasteiger partial charge in [0.25, 0.3) is 0 Å². The number of benzene rings is 1. The minimum atomic E-state index is -1.33. The average Bonchev–Trinajstić information content (AvgIpc) is 1.99. The second kappa shape index (κ2) is 4.49. The van der Waals surface area contributed by atoms with Gasteiger partial charge in [0.05, 0.1) is 18.8 Å². The molecular formula is C10H14ClF2NSi. The number of hydrogen-bond acceptors (Lipinski definition) is 1. The fourth-order valence-electron chi connectivity index (χ4n) is 1.06. The second-order valence-electron chi connectivity index (χ2n) is 4.66. The van der Waals surface area contributed by atoms with Gasteiger partial charge < -0.3 is 5.32 Å². The first-order valence-corrected chi connectivity index (χ1v) is 8.76. The minimum absolute atomic E-state index is 0.0887. The predicted molar refractivity (Wildman–Crippen MR) is 63.2 cm³/mol. The Morgan fingerprint density at radius 3 is 2.33 bits per heavy atom. The van der Waals surface area contributed by atoms with Crippen molar-refractivity contribution in [3.05, 3.63) is 28.8 Å². The van der Waals surface area contributed by atoms with Crippen LogP contribution in [0, 0.1) is 11.6 Å². The Hall–Kier alpha value is -0.613. The molecule has 0 saturated carbocycles. The van der Waals surface area contributed by atoms with Crippen molar-refractivity contribution in [2.24, 2.45) is 0 Å². The lowest BCUT2D eigenvalue weighted by molar-refractivity contribution is 0.585. The minimum Gasteiger partial charge on any atom is -0.384 e. The van der Waals surface area contributed by atoms with E-state index in [1.165, 1.54) is 0 Å². The summed E-state index contributed by atoms with van der Waals surface area (Å²) in [6.45, 7) is 6.44. The van der Waals surface area contributed by atoms with Crippen molar-refractivity contribution in [1.29, 1.82) is 0 Å². The summed E-state index contributed by atoms with van der Waals surface area (Å²) in [6.07, 6.45) is 0.704. The summed E-state index contributed by atoms with van der Waals surface area (Å²) in [5.41, 5.74) is 0.195. The van der Waals surface area contributed by atoms with Gasteiger partial charge in [0.15, 0.2) is 5.82 Å². The molecule has 0 saturated heterocycles. The van der Waals surface area contributed by atoms with Crippen molar-refractivity contribution in [2.75, 3.05) is 11.5 Å². The second-order valence-corrected chi connectivity index (χ2v) is 10.5. The van der Waals surface area contributed by atoms with E-state index in [9.17, 15) is 8.78 Å². The van der Waals surface area contributed by atoms with Crippen molar-refractivity contribution < 1.29 is 8.78 Å². The fraction of sp³-hybridized carbons (Fsp3) is 0.400. The van der Waals surface area contributed by atoms with E-state index >= 15 is 0 Å². The molecule has 1 rings (SSSR count). The molecule has 0 aromatic heterocycles. The van der Waals surface area contributed by atoms with E-state index in [0.29, 0.717) is 6.17 Å². The third-order valence-corrected chi connectivity index (χ3v) is 3.34. The van der Waals surface area contributed by atoms with E-state index in [-0.39, 0.29) is 10.7 Å². The lowest BCUT2D eigenvalue weighted by Gasteiger charge is -2.18. The smallest absolute Gasteiger partial charge is 0.150 e. The van der Waals surface area contributed by atoms with Gasteiger partial charge >= 0.3 is 0 Å². The maximum absolute atomic E-state index is 13.3. The number of halogens is 3. The highest BCUT2D eigenvalue weighted by atomic mass is 35.5. The van der Waals surface area contributed by atoms with Gasteiger partial charge in [-0.2, -0.15) is 0 Å². The summed E-state index contributed by atoms with van der Waals surface area (Å²) in [5, 5.41) is 3.03. The summed E-state index contributed by atoms with van der Waals surface area (Å²) in [5.74, 6) is -1.30. The molecule has 1 aromatic carbocycles. The zero-order chi connectivity index (χ0) is 11.6. The van der Waals surface area contributed by atoms with Crippen molar-refractivity contribution in [1.82, 2.24) is 0 Å². The molecule has 0 atom stereocenters. The first-order valence-electron chi connectivity index (χ1n) is 4.68. The fourth-order valence-corrected chi connectivity index (χ4v) is 2.03. The van der Waals surface area contributed by atoms with Crippen LogP contribution in [0.15, 0.2) is 12.1 Å². The summed E-state index contributed by atoms with van der Waals surface area (Å²) >= 11 is 5.74. The number of rotatable bonds is 3. The number of nitrogens with one attached hydrogen (secondary N) is 1. The van der Waals surface area contributed by atoms with Gasteiger partial charge in [0.2, 0.25) is 0 Å². The van der Waals surface area contributed by atoms with Gasteiger partial charge in [-0.05, 0) is 6.07 Å². The topological polar surface area (TPSA) is 12.0 Å². The maximum atomic E-state index is 13.3. The van der Waals surface area contributed by atoms with Crippen LogP contribution in [0.4, 0.5) is 14.5 Å². The Morgan fingerprint density at radius 2 is 1.87 bits per heavy atom. The molecular weight excluding hydrogens is 236 g/mol. The van der Waals surface area contributed by atoms with Crippen LogP contribution in [0.1, 0.15) is 0 Å². The molecule has 1 nitrogen and oxygen atoms in total. The Labute approximate surface area is 94.5 Å². The van der Waals surface area contributed by atoms with Crippen molar-refractivity contribution in [2.45, 2.75) is 19.6 Å². The van der Waals surface area contributed by atoms with Crippen LogP contribution in [0.3, 0.4) is 0 Å². The number of hydrogen-bond donors (Lipinski definition) is 1. The standard InChI is InChI=1S/C10H14ClF2NSi/c1-15(2,3)6-14-10-8(11)4-7(12)5-9(10)13/h4-5,14H,6H2,1-3H3. The molecule has 0 spiro atoms. The molecule has 0 bridgehead atoms. The average molecular weight is 250 g/mol. The molecule has 0 unspecified atom stereocenters. The highest BCUT2D eigenvalue weighted by Gasteiger charge is 2.15. The molecule has 0 heterocycles. The van der Waals surface area contributed by atoms with Crippen LogP contribution >= 0.6 is 11.6 Å². The van der Waals surface area contributed by atoms with Gasteiger partial charge in [-0.3, -0.25) is 0 Å². The highest BCUT2D eigenvalue weighted by Crippen LogP contribution is 2.26. The highest BCUT2D eigenvalue weighted by molar-refractivity contribution is 6.76. The van der Waals surface area contributed by atoms with E-state index in [4.69, 9.17) is 11.6 Å². The van der Waals surface area contributed by atoms with Crippen molar-refractivity contribution >= 4 is 25.4 Å². The van der Waals surface area contributed by atoms with Crippen molar-refractivity contribution in [3.8, 4) is 0 Å². The molecule has 15 heavy (non-hydrogen) atoms. The van der Waals surface area contributed by atoms with Crippen LogP contribution in [0.2, 0.25) is 24.7 Å². The molecule has 84 valence electrons. The van der Waals surface area contributed by atoms with E-state index in [2.05, 4.69) is 25.0 Å². The summed E-state index contributed by atoms with van der Waals surface area (Å²) in [6, 6.07) is 1.94.